The van der Waals surface area contributed by atoms with Gasteiger partial charge in [-0.25, -0.2) is 0 Å². The maximum atomic E-state index is 11.1. The zero-order valence-electron chi connectivity index (χ0n) is 11.6. The number of rotatable bonds is 10. The largest absolute Gasteiger partial charge is 0.480 e. The van der Waals surface area contributed by atoms with Crippen LogP contribution in [0.1, 0.15) is 52.9 Å². The molecule has 2 N–H and O–H groups in total. The molecule has 0 fully saturated rings. The summed E-state index contributed by atoms with van der Waals surface area (Å²) < 4.78 is 5.63. The van der Waals surface area contributed by atoms with E-state index in [2.05, 4.69) is 12.2 Å². The Balaban J connectivity index is 3.84. The van der Waals surface area contributed by atoms with Crippen LogP contribution in [0.3, 0.4) is 0 Å². The Hall–Kier alpha value is -0.610. The average molecular weight is 245 g/mol. The van der Waals surface area contributed by atoms with Crippen LogP contribution in [-0.4, -0.2) is 36.4 Å². The monoisotopic (exact) mass is 245 g/mol. The Morgan fingerprint density at radius 1 is 1.41 bits per heavy atom. The van der Waals surface area contributed by atoms with E-state index in [9.17, 15) is 4.79 Å². The van der Waals surface area contributed by atoms with Crippen LogP contribution in [0.5, 0.6) is 0 Å². The van der Waals surface area contributed by atoms with Crippen molar-refractivity contribution in [2.45, 2.75) is 64.5 Å². The molecule has 102 valence electrons. The zero-order chi connectivity index (χ0) is 13.3. The summed E-state index contributed by atoms with van der Waals surface area (Å²) in [4.78, 5) is 11.1. The molecule has 0 saturated carbocycles. The number of carboxylic acid groups (broad SMARTS) is 1. The number of unbranched alkanes of at least 4 members (excludes halogenated alkanes) is 3. The molecule has 4 nitrogen and oxygen atoms in total. The Labute approximate surface area is 105 Å². The second kappa shape index (κ2) is 8.48. The van der Waals surface area contributed by atoms with E-state index in [4.69, 9.17) is 9.84 Å². The van der Waals surface area contributed by atoms with Crippen molar-refractivity contribution < 1.29 is 14.6 Å². The molecule has 0 aliphatic heterocycles. The predicted molar refractivity (Wildman–Crippen MR) is 69.3 cm³/mol. The van der Waals surface area contributed by atoms with Crippen molar-refractivity contribution in [2.24, 2.45) is 0 Å². The van der Waals surface area contributed by atoms with Gasteiger partial charge < -0.3 is 15.2 Å². The first-order chi connectivity index (χ1) is 7.96. The molecule has 0 aliphatic carbocycles. The van der Waals surface area contributed by atoms with E-state index in [1.54, 1.807) is 14.0 Å². The third kappa shape index (κ3) is 6.64. The zero-order valence-corrected chi connectivity index (χ0v) is 11.6. The summed E-state index contributed by atoms with van der Waals surface area (Å²) >= 11 is 0. The molecule has 0 aromatic rings. The van der Waals surface area contributed by atoms with Gasteiger partial charge in [-0.15, -0.1) is 0 Å². The number of aliphatic carboxylic acids is 1. The van der Waals surface area contributed by atoms with E-state index in [0.717, 1.165) is 13.0 Å². The van der Waals surface area contributed by atoms with Gasteiger partial charge in [-0.1, -0.05) is 26.2 Å². The van der Waals surface area contributed by atoms with Gasteiger partial charge in [0.05, 0.1) is 6.10 Å². The molecule has 17 heavy (non-hydrogen) atoms. The molecule has 0 rings (SSSR count). The van der Waals surface area contributed by atoms with Crippen LogP contribution in [0.15, 0.2) is 0 Å². The van der Waals surface area contributed by atoms with Crippen LogP contribution in [-0.2, 0) is 9.53 Å². The SMILES string of the molecule is CCCCCCOC(C)CC(C)(NC)C(=O)O. The fourth-order valence-corrected chi connectivity index (χ4v) is 1.74. The van der Waals surface area contributed by atoms with Gasteiger partial charge in [0, 0.05) is 13.0 Å². The van der Waals surface area contributed by atoms with Crippen molar-refractivity contribution in [1.82, 2.24) is 5.32 Å². The molecule has 0 aromatic heterocycles. The van der Waals surface area contributed by atoms with Crippen molar-refractivity contribution in [3.63, 3.8) is 0 Å². The lowest BCUT2D eigenvalue weighted by atomic mass is 9.95. The number of nitrogens with one attached hydrogen (secondary N) is 1. The average Bonchev–Trinajstić information content (AvgIpc) is 2.28. The van der Waals surface area contributed by atoms with Crippen LogP contribution in [0.4, 0.5) is 0 Å². The summed E-state index contributed by atoms with van der Waals surface area (Å²) in [6.07, 6.45) is 5.14. The third-order valence-electron chi connectivity index (χ3n) is 3.12. The van der Waals surface area contributed by atoms with Crippen molar-refractivity contribution in [2.75, 3.05) is 13.7 Å². The Bertz CT molecular complexity index is 221. The van der Waals surface area contributed by atoms with Crippen LogP contribution in [0.25, 0.3) is 0 Å². The van der Waals surface area contributed by atoms with Crippen LogP contribution in [0, 0.1) is 0 Å². The van der Waals surface area contributed by atoms with E-state index in [0.29, 0.717) is 6.42 Å². The van der Waals surface area contributed by atoms with E-state index in [1.807, 2.05) is 6.92 Å². The van der Waals surface area contributed by atoms with Gasteiger partial charge in [-0.3, -0.25) is 4.79 Å². The Morgan fingerprint density at radius 3 is 2.53 bits per heavy atom. The van der Waals surface area contributed by atoms with Crippen molar-refractivity contribution >= 4 is 5.97 Å². The predicted octanol–water partition coefficient (Wildman–Crippen LogP) is 2.42. The molecule has 0 aromatic carbocycles. The summed E-state index contributed by atoms with van der Waals surface area (Å²) in [6, 6.07) is 0. The second-order valence-electron chi connectivity index (χ2n) is 4.83. The van der Waals surface area contributed by atoms with Crippen LogP contribution >= 0.6 is 0 Å². The highest BCUT2D eigenvalue weighted by molar-refractivity contribution is 5.78. The summed E-state index contributed by atoms with van der Waals surface area (Å²) in [7, 11) is 1.67. The fraction of sp³-hybridized carbons (Fsp3) is 0.923. The lowest BCUT2D eigenvalue weighted by Gasteiger charge is -2.27. The van der Waals surface area contributed by atoms with Gasteiger partial charge in [-0.2, -0.15) is 0 Å². The minimum atomic E-state index is -0.900. The Kier molecular flexibility index (Phi) is 8.17. The minimum Gasteiger partial charge on any atom is -0.480 e. The van der Waals surface area contributed by atoms with Crippen LogP contribution < -0.4 is 5.32 Å². The number of hydrogen-bond acceptors (Lipinski definition) is 3. The van der Waals surface area contributed by atoms with Crippen LogP contribution in [0.2, 0.25) is 0 Å². The molecule has 0 aliphatic rings. The number of carboxylic acids is 1. The fourth-order valence-electron chi connectivity index (χ4n) is 1.74. The van der Waals surface area contributed by atoms with Gasteiger partial charge in [-0.05, 0) is 27.3 Å². The smallest absolute Gasteiger partial charge is 0.323 e. The highest BCUT2D eigenvalue weighted by Crippen LogP contribution is 2.15. The molecule has 0 spiro atoms. The van der Waals surface area contributed by atoms with E-state index < -0.39 is 11.5 Å². The molecular formula is C13H27NO3. The highest BCUT2D eigenvalue weighted by atomic mass is 16.5. The standard InChI is InChI=1S/C13H27NO3/c1-5-6-7-8-9-17-11(2)10-13(3,14-4)12(15)16/h11,14H,5-10H2,1-4H3,(H,15,16). The topological polar surface area (TPSA) is 58.6 Å². The molecule has 2 atom stereocenters. The number of carbonyl (C=O) groups is 1. The lowest BCUT2D eigenvalue weighted by Crippen LogP contribution is -2.49. The third-order valence-corrected chi connectivity index (χ3v) is 3.12. The highest BCUT2D eigenvalue weighted by Gasteiger charge is 2.33. The quantitative estimate of drug-likeness (QED) is 0.580. The van der Waals surface area contributed by atoms with E-state index in [1.165, 1.54) is 19.3 Å². The van der Waals surface area contributed by atoms with E-state index >= 15 is 0 Å². The maximum absolute atomic E-state index is 11.1. The minimum absolute atomic E-state index is 0.0369. The molecule has 0 radical (unpaired) electrons. The molecule has 2 unspecified atom stereocenters. The molecular weight excluding hydrogens is 218 g/mol. The molecule has 0 heterocycles. The van der Waals surface area contributed by atoms with Gasteiger partial charge >= 0.3 is 5.97 Å². The van der Waals surface area contributed by atoms with Gasteiger partial charge in [0.25, 0.3) is 0 Å². The first-order valence-electron chi connectivity index (χ1n) is 6.50. The Morgan fingerprint density at radius 2 is 2.06 bits per heavy atom. The molecule has 0 saturated heterocycles. The number of ether oxygens (including phenoxy) is 1. The van der Waals surface area contributed by atoms with Gasteiger partial charge in [0.1, 0.15) is 5.54 Å². The first-order valence-corrected chi connectivity index (χ1v) is 6.50. The van der Waals surface area contributed by atoms with Crippen molar-refractivity contribution in [3.05, 3.63) is 0 Å². The summed E-state index contributed by atoms with van der Waals surface area (Å²) in [5.41, 5.74) is -0.900. The number of likely N-dealkylation sites (N-methyl/N-ethyl adjacent to an activating group) is 1. The summed E-state index contributed by atoms with van der Waals surface area (Å²) in [5.74, 6) is -0.832. The second-order valence-corrected chi connectivity index (χ2v) is 4.83. The summed E-state index contributed by atoms with van der Waals surface area (Å²) in [6.45, 7) is 6.51. The molecule has 0 amide bonds. The van der Waals surface area contributed by atoms with Gasteiger partial charge in [0.15, 0.2) is 0 Å². The lowest BCUT2D eigenvalue weighted by molar-refractivity contribution is -0.145. The molecule has 0 bridgehead atoms. The first kappa shape index (κ1) is 16.4. The van der Waals surface area contributed by atoms with Crippen molar-refractivity contribution in [1.29, 1.82) is 0 Å². The maximum Gasteiger partial charge on any atom is 0.323 e. The normalized spacial score (nSPS) is 16.5. The van der Waals surface area contributed by atoms with E-state index in [-0.39, 0.29) is 6.10 Å². The summed E-state index contributed by atoms with van der Waals surface area (Å²) in [5, 5.41) is 11.9. The number of hydrogen-bond donors (Lipinski definition) is 2. The van der Waals surface area contributed by atoms with Crippen molar-refractivity contribution in [3.8, 4) is 0 Å². The van der Waals surface area contributed by atoms with Gasteiger partial charge in [0.2, 0.25) is 0 Å². The molecule has 4 heteroatoms.